The number of halogens is 4. The van der Waals surface area contributed by atoms with Crippen LogP contribution in [0.1, 0.15) is 12.0 Å². The first-order valence-corrected chi connectivity index (χ1v) is 5.72. The standard InChI is InChI=1S/C13H8BrF3/c14-12-9(5-3-6-10(12)13(16)17)8-4-1-2-7-11(8)15/h1-7,13H. The van der Waals surface area contributed by atoms with Crippen LogP contribution in [0.5, 0.6) is 0 Å². The van der Waals surface area contributed by atoms with Gasteiger partial charge in [-0.15, -0.1) is 0 Å². The van der Waals surface area contributed by atoms with Crippen LogP contribution in [0.4, 0.5) is 13.2 Å². The van der Waals surface area contributed by atoms with Crippen LogP contribution >= 0.6 is 15.9 Å². The molecule has 0 atom stereocenters. The van der Waals surface area contributed by atoms with Crippen molar-refractivity contribution >= 4 is 15.9 Å². The summed E-state index contributed by atoms with van der Waals surface area (Å²) < 4.78 is 39.2. The summed E-state index contributed by atoms with van der Waals surface area (Å²) in [4.78, 5) is 0. The molecule has 0 nitrogen and oxygen atoms in total. The fraction of sp³-hybridized carbons (Fsp3) is 0.0769. The predicted molar refractivity (Wildman–Crippen MR) is 64.5 cm³/mol. The Kier molecular flexibility index (Phi) is 3.52. The van der Waals surface area contributed by atoms with Crippen LogP contribution in [-0.2, 0) is 0 Å². The second kappa shape index (κ2) is 4.92. The molecule has 0 bridgehead atoms. The van der Waals surface area contributed by atoms with Gasteiger partial charge >= 0.3 is 0 Å². The van der Waals surface area contributed by atoms with Crippen molar-refractivity contribution in [2.75, 3.05) is 0 Å². The van der Waals surface area contributed by atoms with Crippen molar-refractivity contribution in [3.8, 4) is 11.1 Å². The molecule has 0 spiro atoms. The molecule has 0 aliphatic rings. The van der Waals surface area contributed by atoms with E-state index in [1.54, 1.807) is 24.3 Å². The molecular formula is C13H8BrF3. The maximum absolute atomic E-state index is 13.6. The lowest BCUT2D eigenvalue weighted by atomic mass is 10.0. The normalized spacial score (nSPS) is 10.9. The number of rotatable bonds is 2. The molecule has 88 valence electrons. The Morgan fingerprint density at radius 2 is 1.53 bits per heavy atom. The molecule has 0 saturated carbocycles. The van der Waals surface area contributed by atoms with Gasteiger partial charge in [-0.05, 0) is 27.6 Å². The molecule has 0 unspecified atom stereocenters. The van der Waals surface area contributed by atoms with Gasteiger partial charge in [0.05, 0.1) is 0 Å². The maximum Gasteiger partial charge on any atom is 0.264 e. The molecule has 0 aliphatic heterocycles. The lowest BCUT2D eigenvalue weighted by Crippen LogP contribution is -1.91. The van der Waals surface area contributed by atoms with Gasteiger partial charge in [-0.2, -0.15) is 0 Å². The second-order valence-corrected chi connectivity index (χ2v) is 4.28. The Morgan fingerprint density at radius 1 is 0.882 bits per heavy atom. The second-order valence-electron chi connectivity index (χ2n) is 3.49. The minimum absolute atomic E-state index is 0.134. The minimum atomic E-state index is -2.59. The highest BCUT2D eigenvalue weighted by Crippen LogP contribution is 2.36. The largest absolute Gasteiger partial charge is 0.264 e. The van der Waals surface area contributed by atoms with E-state index in [0.29, 0.717) is 11.1 Å². The minimum Gasteiger partial charge on any atom is -0.206 e. The highest BCUT2D eigenvalue weighted by Gasteiger charge is 2.16. The molecule has 2 aromatic rings. The summed E-state index contributed by atoms with van der Waals surface area (Å²) in [6, 6.07) is 10.5. The first-order chi connectivity index (χ1) is 8.11. The summed E-state index contributed by atoms with van der Waals surface area (Å²) in [5.74, 6) is -0.431. The summed E-state index contributed by atoms with van der Waals surface area (Å²) in [7, 11) is 0. The van der Waals surface area contributed by atoms with Crippen molar-refractivity contribution in [2.45, 2.75) is 6.43 Å². The van der Waals surface area contributed by atoms with Crippen molar-refractivity contribution in [1.82, 2.24) is 0 Å². The summed E-state index contributed by atoms with van der Waals surface area (Å²) >= 11 is 3.11. The fourth-order valence-corrected chi connectivity index (χ4v) is 2.26. The number of alkyl halides is 2. The first kappa shape index (κ1) is 12.2. The molecule has 0 amide bonds. The highest BCUT2D eigenvalue weighted by molar-refractivity contribution is 9.10. The molecule has 17 heavy (non-hydrogen) atoms. The zero-order valence-corrected chi connectivity index (χ0v) is 10.2. The van der Waals surface area contributed by atoms with Crippen LogP contribution in [0.3, 0.4) is 0 Å². The fourth-order valence-electron chi connectivity index (χ4n) is 1.61. The Labute approximate surface area is 105 Å². The van der Waals surface area contributed by atoms with Crippen LogP contribution < -0.4 is 0 Å². The van der Waals surface area contributed by atoms with E-state index in [0.717, 1.165) is 0 Å². The lowest BCUT2D eigenvalue weighted by Gasteiger charge is -2.10. The van der Waals surface area contributed by atoms with E-state index >= 15 is 0 Å². The van der Waals surface area contributed by atoms with Crippen LogP contribution in [-0.4, -0.2) is 0 Å². The molecule has 0 radical (unpaired) electrons. The molecule has 0 aromatic heterocycles. The maximum atomic E-state index is 13.6. The van der Waals surface area contributed by atoms with E-state index in [9.17, 15) is 13.2 Å². The molecule has 0 saturated heterocycles. The number of hydrogen-bond donors (Lipinski definition) is 0. The van der Waals surface area contributed by atoms with Crippen molar-refractivity contribution in [2.24, 2.45) is 0 Å². The van der Waals surface area contributed by atoms with E-state index in [4.69, 9.17) is 0 Å². The first-order valence-electron chi connectivity index (χ1n) is 4.92. The van der Waals surface area contributed by atoms with E-state index in [1.807, 2.05) is 0 Å². The van der Waals surface area contributed by atoms with E-state index in [-0.39, 0.29) is 10.0 Å². The third kappa shape index (κ3) is 2.36. The Bertz CT molecular complexity index is 538. The number of benzene rings is 2. The summed E-state index contributed by atoms with van der Waals surface area (Å²) in [6.07, 6.45) is -2.59. The van der Waals surface area contributed by atoms with E-state index in [2.05, 4.69) is 15.9 Å². The van der Waals surface area contributed by atoms with Crippen LogP contribution in [0.25, 0.3) is 11.1 Å². The zero-order chi connectivity index (χ0) is 12.4. The number of hydrogen-bond acceptors (Lipinski definition) is 0. The van der Waals surface area contributed by atoms with Gasteiger partial charge in [0, 0.05) is 15.6 Å². The predicted octanol–water partition coefficient (Wildman–Crippen LogP) is 5.19. The quantitative estimate of drug-likeness (QED) is 0.716. The van der Waals surface area contributed by atoms with E-state index < -0.39 is 12.2 Å². The molecule has 0 fully saturated rings. The molecule has 4 heteroatoms. The Hall–Kier alpha value is -1.29. The molecule has 0 heterocycles. The van der Waals surface area contributed by atoms with Gasteiger partial charge < -0.3 is 0 Å². The van der Waals surface area contributed by atoms with Gasteiger partial charge in [-0.1, -0.05) is 36.4 Å². The van der Waals surface area contributed by atoms with Crippen molar-refractivity contribution < 1.29 is 13.2 Å². The highest BCUT2D eigenvalue weighted by atomic mass is 79.9. The van der Waals surface area contributed by atoms with Crippen LogP contribution in [0.15, 0.2) is 46.9 Å². The lowest BCUT2D eigenvalue weighted by molar-refractivity contribution is 0.150. The van der Waals surface area contributed by atoms with Crippen molar-refractivity contribution in [1.29, 1.82) is 0 Å². The summed E-state index contributed by atoms with van der Waals surface area (Å²) in [5.41, 5.74) is 0.605. The smallest absolute Gasteiger partial charge is 0.206 e. The third-order valence-electron chi connectivity index (χ3n) is 2.43. The Morgan fingerprint density at radius 3 is 2.18 bits per heavy atom. The zero-order valence-electron chi connectivity index (χ0n) is 8.63. The average Bonchev–Trinajstić information content (AvgIpc) is 2.30. The SMILES string of the molecule is Fc1ccccc1-c1cccc(C(F)F)c1Br. The molecule has 2 aromatic carbocycles. The third-order valence-corrected chi connectivity index (χ3v) is 3.31. The van der Waals surface area contributed by atoms with Gasteiger partial charge in [0.2, 0.25) is 0 Å². The van der Waals surface area contributed by atoms with Crippen LogP contribution in [0.2, 0.25) is 0 Å². The topological polar surface area (TPSA) is 0 Å². The van der Waals surface area contributed by atoms with Crippen molar-refractivity contribution in [3.05, 3.63) is 58.3 Å². The van der Waals surface area contributed by atoms with E-state index in [1.165, 1.54) is 18.2 Å². The van der Waals surface area contributed by atoms with Gasteiger partial charge in [-0.3, -0.25) is 0 Å². The van der Waals surface area contributed by atoms with Gasteiger partial charge in [-0.25, -0.2) is 13.2 Å². The van der Waals surface area contributed by atoms with Gasteiger partial charge in [0.25, 0.3) is 6.43 Å². The summed E-state index contributed by atoms with van der Waals surface area (Å²) in [6.45, 7) is 0. The summed E-state index contributed by atoms with van der Waals surface area (Å²) in [5, 5.41) is 0. The van der Waals surface area contributed by atoms with Crippen molar-refractivity contribution in [3.63, 3.8) is 0 Å². The average molecular weight is 301 g/mol. The monoisotopic (exact) mass is 300 g/mol. The molecular weight excluding hydrogens is 293 g/mol. The van der Waals surface area contributed by atoms with Gasteiger partial charge in [0.15, 0.2) is 0 Å². The van der Waals surface area contributed by atoms with Crippen LogP contribution in [0, 0.1) is 5.82 Å². The Balaban J connectivity index is 2.61. The van der Waals surface area contributed by atoms with Gasteiger partial charge in [0.1, 0.15) is 5.82 Å². The molecule has 2 rings (SSSR count). The molecule has 0 aliphatic carbocycles. The molecule has 0 N–H and O–H groups in total.